The number of likely N-dealkylation sites (tertiary alicyclic amines) is 1. The van der Waals surface area contributed by atoms with Crippen LogP contribution in [0.1, 0.15) is 24.0 Å². The van der Waals surface area contributed by atoms with Gasteiger partial charge in [-0.1, -0.05) is 35.6 Å². The quantitative estimate of drug-likeness (QED) is 0.631. The molecule has 2 N–H and O–H groups in total. The zero-order valence-electron chi connectivity index (χ0n) is 16.4. The van der Waals surface area contributed by atoms with Crippen LogP contribution < -0.4 is 10.6 Å². The van der Waals surface area contributed by atoms with E-state index in [4.69, 9.17) is 0 Å². The Morgan fingerprint density at radius 3 is 2.63 bits per heavy atom. The average molecular weight is 426 g/mol. The highest BCUT2D eigenvalue weighted by molar-refractivity contribution is 7.13. The Balaban J connectivity index is 1.26. The predicted molar refractivity (Wildman–Crippen MR) is 113 cm³/mol. The number of hydrogen-bond donors (Lipinski definition) is 2. The largest absolute Gasteiger partial charge is 0.334 e. The lowest BCUT2D eigenvalue weighted by atomic mass is 9.96. The zero-order valence-corrected chi connectivity index (χ0v) is 17.2. The molecule has 0 saturated carbocycles. The number of piperidine rings is 1. The van der Waals surface area contributed by atoms with Gasteiger partial charge in [0.15, 0.2) is 0 Å². The van der Waals surface area contributed by atoms with Gasteiger partial charge in [0.05, 0.1) is 6.54 Å². The number of anilines is 1. The van der Waals surface area contributed by atoms with E-state index in [-0.39, 0.29) is 17.9 Å². The summed E-state index contributed by atoms with van der Waals surface area (Å²) in [4.78, 5) is 26.7. The third-order valence-electron chi connectivity index (χ3n) is 5.18. The third-order valence-corrected chi connectivity index (χ3v) is 5.79. The summed E-state index contributed by atoms with van der Waals surface area (Å²) < 4.78 is 1.86. The fourth-order valence-electron chi connectivity index (χ4n) is 3.52. The monoisotopic (exact) mass is 425 g/mol. The highest BCUT2D eigenvalue weighted by Gasteiger charge is 2.27. The summed E-state index contributed by atoms with van der Waals surface area (Å²) in [6, 6.07) is 9.81. The van der Waals surface area contributed by atoms with Gasteiger partial charge in [-0.25, -0.2) is 4.79 Å². The van der Waals surface area contributed by atoms with E-state index >= 15 is 0 Å². The Labute approximate surface area is 178 Å². The number of nitrogens with one attached hydrogen (secondary N) is 2. The molecule has 0 aliphatic carbocycles. The zero-order chi connectivity index (χ0) is 20.8. The molecule has 1 aliphatic heterocycles. The lowest BCUT2D eigenvalue weighted by Gasteiger charge is -2.31. The number of aromatic nitrogens is 4. The molecule has 0 bridgehead atoms. The summed E-state index contributed by atoms with van der Waals surface area (Å²) in [7, 11) is 0. The second kappa shape index (κ2) is 9.49. The molecule has 1 aromatic carbocycles. The van der Waals surface area contributed by atoms with Crippen molar-refractivity contribution in [1.29, 1.82) is 0 Å². The van der Waals surface area contributed by atoms with Crippen molar-refractivity contribution in [1.82, 2.24) is 30.2 Å². The van der Waals surface area contributed by atoms with Crippen LogP contribution in [0, 0.1) is 5.92 Å². The SMILES string of the molecule is O=C(Nc1nncs1)C1CCN(C(=O)NCc2ccccc2Cn2cccn2)CC1. The molecule has 3 amide bonds. The molecule has 0 radical (unpaired) electrons. The van der Waals surface area contributed by atoms with Crippen molar-refractivity contribution >= 4 is 28.4 Å². The van der Waals surface area contributed by atoms with Crippen LogP contribution in [0.4, 0.5) is 9.93 Å². The standard InChI is InChI=1S/C20H23N7O2S/c28-18(24-19-25-22-14-30-19)15-6-10-26(11-7-15)20(29)21-12-16-4-1-2-5-17(16)13-27-9-3-8-23-27/h1-5,8-9,14-15H,6-7,10-13H2,(H,21,29)(H,24,25,28). The van der Waals surface area contributed by atoms with E-state index in [1.54, 1.807) is 16.6 Å². The molecule has 9 nitrogen and oxygen atoms in total. The molecule has 30 heavy (non-hydrogen) atoms. The van der Waals surface area contributed by atoms with Gasteiger partial charge in [0.2, 0.25) is 11.0 Å². The molecule has 3 heterocycles. The van der Waals surface area contributed by atoms with Crippen LogP contribution >= 0.6 is 11.3 Å². The first-order valence-corrected chi connectivity index (χ1v) is 10.7. The second-order valence-corrected chi connectivity index (χ2v) is 7.96. The highest BCUT2D eigenvalue weighted by atomic mass is 32.1. The van der Waals surface area contributed by atoms with Crippen molar-refractivity contribution in [3.05, 3.63) is 59.4 Å². The van der Waals surface area contributed by atoms with Crippen molar-refractivity contribution in [3.8, 4) is 0 Å². The first kappa shape index (κ1) is 20.0. The molecule has 0 unspecified atom stereocenters. The molecule has 1 aliphatic rings. The number of carbonyl (C=O) groups is 2. The highest BCUT2D eigenvalue weighted by Crippen LogP contribution is 2.20. The Bertz CT molecular complexity index is 967. The Hall–Kier alpha value is -3.27. The number of benzene rings is 1. The van der Waals surface area contributed by atoms with E-state index in [1.165, 1.54) is 11.3 Å². The van der Waals surface area contributed by atoms with Gasteiger partial charge >= 0.3 is 6.03 Å². The summed E-state index contributed by atoms with van der Waals surface area (Å²) in [5.41, 5.74) is 3.76. The molecule has 0 atom stereocenters. The molecule has 1 saturated heterocycles. The first-order chi connectivity index (χ1) is 14.7. The van der Waals surface area contributed by atoms with Gasteiger partial charge in [-0.05, 0) is 30.0 Å². The maximum atomic E-state index is 12.6. The van der Waals surface area contributed by atoms with Crippen LogP contribution in [0.25, 0.3) is 0 Å². The number of carbonyl (C=O) groups excluding carboxylic acids is 2. The van der Waals surface area contributed by atoms with E-state index in [2.05, 4.69) is 25.9 Å². The molecule has 2 aromatic heterocycles. The van der Waals surface area contributed by atoms with Crippen LogP contribution in [0.15, 0.2) is 48.2 Å². The third kappa shape index (κ3) is 5.01. The van der Waals surface area contributed by atoms with Crippen molar-refractivity contribution in [2.24, 2.45) is 5.92 Å². The van der Waals surface area contributed by atoms with Gasteiger partial charge < -0.3 is 15.5 Å². The fraction of sp³-hybridized carbons (Fsp3) is 0.350. The first-order valence-electron chi connectivity index (χ1n) is 9.83. The number of amides is 3. The average Bonchev–Trinajstić information content (AvgIpc) is 3.47. The molecule has 156 valence electrons. The number of hydrogen-bond acceptors (Lipinski definition) is 6. The van der Waals surface area contributed by atoms with Crippen LogP contribution in [-0.2, 0) is 17.9 Å². The maximum absolute atomic E-state index is 12.6. The molecule has 1 fully saturated rings. The van der Waals surface area contributed by atoms with Gasteiger partial charge in [-0.2, -0.15) is 5.10 Å². The molecule has 0 spiro atoms. The minimum atomic E-state index is -0.118. The molecule has 3 aromatic rings. The van der Waals surface area contributed by atoms with E-state index < -0.39 is 0 Å². The van der Waals surface area contributed by atoms with Crippen molar-refractivity contribution in [2.75, 3.05) is 18.4 Å². The summed E-state index contributed by atoms with van der Waals surface area (Å²) in [6.07, 6.45) is 4.94. The lowest BCUT2D eigenvalue weighted by molar-refractivity contribution is -0.121. The number of urea groups is 1. The molecule has 4 rings (SSSR count). The minimum absolute atomic E-state index is 0.0562. The number of nitrogens with zero attached hydrogens (tertiary/aromatic N) is 5. The lowest BCUT2D eigenvalue weighted by Crippen LogP contribution is -2.46. The van der Waals surface area contributed by atoms with Crippen LogP contribution in [0.3, 0.4) is 0 Å². The predicted octanol–water partition coefficient (Wildman–Crippen LogP) is 2.34. The Kier molecular flexibility index (Phi) is 6.33. The fourth-order valence-corrected chi connectivity index (χ4v) is 3.96. The molecule has 10 heteroatoms. The van der Waals surface area contributed by atoms with E-state index in [1.807, 2.05) is 41.2 Å². The van der Waals surface area contributed by atoms with Gasteiger partial charge in [-0.3, -0.25) is 9.48 Å². The van der Waals surface area contributed by atoms with Crippen LogP contribution in [0.5, 0.6) is 0 Å². The van der Waals surface area contributed by atoms with E-state index in [0.29, 0.717) is 44.2 Å². The summed E-state index contributed by atoms with van der Waals surface area (Å²) in [5, 5.41) is 18.1. The van der Waals surface area contributed by atoms with Gasteiger partial charge in [0, 0.05) is 37.9 Å². The Morgan fingerprint density at radius 2 is 1.93 bits per heavy atom. The van der Waals surface area contributed by atoms with Gasteiger partial charge in [-0.15, -0.1) is 10.2 Å². The van der Waals surface area contributed by atoms with Crippen molar-refractivity contribution < 1.29 is 9.59 Å². The second-order valence-electron chi connectivity index (χ2n) is 7.13. The molecular formula is C20H23N7O2S. The minimum Gasteiger partial charge on any atom is -0.334 e. The van der Waals surface area contributed by atoms with Crippen LogP contribution in [-0.4, -0.2) is 49.9 Å². The maximum Gasteiger partial charge on any atom is 0.317 e. The van der Waals surface area contributed by atoms with Crippen LogP contribution in [0.2, 0.25) is 0 Å². The smallest absolute Gasteiger partial charge is 0.317 e. The topological polar surface area (TPSA) is 105 Å². The number of rotatable bonds is 6. The van der Waals surface area contributed by atoms with Gasteiger partial charge in [0.1, 0.15) is 5.51 Å². The summed E-state index contributed by atoms with van der Waals surface area (Å²) in [5.74, 6) is -0.174. The summed E-state index contributed by atoms with van der Waals surface area (Å²) >= 11 is 1.29. The Morgan fingerprint density at radius 1 is 1.13 bits per heavy atom. The van der Waals surface area contributed by atoms with E-state index in [9.17, 15) is 9.59 Å². The summed E-state index contributed by atoms with van der Waals surface area (Å²) in [6.45, 7) is 2.21. The van der Waals surface area contributed by atoms with E-state index in [0.717, 1.165) is 11.1 Å². The van der Waals surface area contributed by atoms with Crippen molar-refractivity contribution in [2.45, 2.75) is 25.9 Å². The molecular weight excluding hydrogens is 402 g/mol. The van der Waals surface area contributed by atoms with Gasteiger partial charge in [0.25, 0.3) is 0 Å². The normalized spacial score (nSPS) is 14.5. The van der Waals surface area contributed by atoms with Crippen molar-refractivity contribution in [3.63, 3.8) is 0 Å².